The molecule has 1 saturated heterocycles. The van der Waals surface area contributed by atoms with Crippen molar-refractivity contribution in [3.8, 4) is 0 Å². The van der Waals surface area contributed by atoms with Crippen LogP contribution in [0.15, 0.2) is 5.16 Å². The van der Waals surface area contributed by atoms with Crippen LogP contribution in [0.2, 0.25) is 0 Å². The summed E-state index contributed by atoms with van der Waals surface area (Å²) in [4.78, 5) is 25.3. The van der Waals surface area contributed by atoms with E-state index in [1.165, 1.54) is 12.8 Å². The summed E-state index contributed by atoms with van der Waals surface area (Å²) in [5, 5.41) is 13.5. The van der Waals surface area contributed by atoms with E-state index in [1.807, 2.05) is 6.92 Å². The molecular formula is C31H47NO5. The minimum absolute atomic E-state index is 0.00762. The standard InChI is InChI=1S/C31H47NO5/c1-18(32-35)31-17-16-30(25(34)37-31)15-14-28(6)20(24(30)31)8-9-22-27(5)12-11-23(36-19(2)33)26(3,4)21(27)10-13-29(22,28)7/h20-24,35H,8-17H2,1-7H3/b32-18-. The maximum absolute atomic E-state index is 13.4. The van der Waals surface area contributed by atoms with Crippen molar-refractivity contribution in [2.45, 2.75) is 124 Å². The number of carbonyl (C=O) groups is 2. The summed E-state index contributed by atoms with van der Waals surface area (Å²) < 4.78 is 12.1. The quantitative estimate of drug-likeness (QED) is 0.196. The smallest absolute Gasteiger partial charge is 0.313 e. The van der Waals surface area contributed by atoms with Crippen molar-refractivity contribution in [3.05, 3.63) is 0 Å². The number of nitrogens with zero attached hydrogens (tertiary/aromatic N) is 1. The van der Waals surface area contributed by atoms with Gasteiger partial charge in [-0.1, -0.05) is 39.8 Å². The van der Waals surface area contributed by atoms with Crippen molar-refractivity contribution >= 4 is 17.7 Å². The molecule has 2 bridgehead atoms. The molecule has 5 saturated carbocycles. The van der Waals surface area contributed by atoms with E-state index in [4.69, 9.17) is 9.47 Å². The van der Waals surface area contributed by atoms with Gasteiger partial charge in [-0.2, -0.15) is 0 Å². The van der Waals surface area contributed by atoms with Crippen LogP contribution in [0.3, 0.4) is 0 Å². The van der Waals surface area contributed by atoms with Gasteiger partial charge >= 0.3 is 11.9 Å². The van der Waals surface area contributed by atoms with Crippen molar-refractivity contribution in [2.24, 2.45) is 55.9 Å². The van der Waals surface area contributed by atoms with E-state index in [2.05, 4.69) is 39.8 Å². The SMILES string of the molecule is CC(=O)OC1CCC2(C)C(CCC3(C)C2CCC2C4C5(CCC4(/C(C)=N\O)OC5=O)CCC23C)C1(C)C. The Hall–Kier alpha value is -1.59. The summed E-state index contributed by atoms with van der Waals surface area (Å²) in [7, 11) is 0. The third-order valence-corrected chi connectivity index (χ3v) is 14.2. The molecule has 6 nitrogen and oxygen atoms in total. The van der Waals surface area contributed by atoms with Gasteiger partial charge in [-0.15, -0.1) is 0 Å². The number of ether oxygens (including phenoxy) is 2. The van der Waals surface area contributed by atoms with Gasteiger partial charge in [0.15, 0.2) is 5.60 Å². The Balaban J connectivity index is 1.38. The van der Waals surface area contributed by atoms with Crippen LogP contribution >= 0.6 is 0 Å². The third-order valence-electron chi connectivity index (χ3n) is 14.2. The number of fused-ring (bicyclic) bond motifs is 5. The lowest BCUT2D eigenvalue weighted by Gasteiger charge is -2.72. The van der Waals surface area contributed by atoms with Crippen molar-refractivity contribution < 1.29 is 24.3 Å². The van der Waals surface area contributed by atoms with Crippen molar-refractivity contribution in [1.29, 1.82) is 0 Å². The second-order valence-corrected chi connectivity index (χ2v) is 15.2. The zero-order chi connectivity index (χ0) is 26.8. The molecule has 6 heteroatoms. The summed E-state index contributed by atoms with van der Waals surface area (Å²) in [6.45, 7) is 15.7. The first-order chi connectivity index (χ1) is 17.2. The largest absolute Gasteiger partial charge is 0.462 e. The molecule has 0 spiro atoms. The van der Waals surface area contributed by atoms with E-state index < -0.39 is 11.0 Å². The van der Waals surface area contributed by atoms with E-state index in [0.717, 1.165) is 51.4 Å². The zero-order valence-corrected chi connectivity index (χ0v) is 24.0. The molecule has 0 aromatic carbocycles. The van der Waals surface area contributed by atoms with Gasteiger partial charge in [-0.25, -0.2) is 0 Å². The lowest BCUT2D eigenvalue weighted by molar-refractivity contribution is -0.247. The van der Waals surface area contributed by atoms with Gasteiger partial charge in [0.25, 0.3) is 0 Å². The lowest BCUT2D eigenvalue weighted by atomic mass is 9.32. The molecule has 5 aliphatic carbocycles. The summed E-state index contributed by atoms with van der Waals surface area (Å²) in [5.41, 5.74) is -0.104. The topological polar surface area (TPSA) is 85.2 Å². The summed E-state index contributed by atoms with van der Waals surface area (Å²) in [6.07, 6.45) is 10.3. The molecule has 0 aromatic heterocycles. The Bertz CT molecular complexity index is 1070. The van der Waals surface area contributed by atoms with E-state index in [-0.39, 0.29) is 45.6 Å². The van der Waals surface area contributed by atoms with Gasteiger partial charge in [0.1, 0.15) is 6.10 Å². The van der Waals surface area contributed by atoms with Crippen LogP contribution in [0.1, 0.15) is 113 Å². The van der Waals surface area contributed by atoms with Crippen LogP contribution < -0.4 is 0 Å². The van der Waals surface area contributed by atoms with Crippen molar-refractivity contribution in [3.63, 3.8) is 0 Å². The first-order valence-electron chi connectivity index (χ1n) is 14.8. The Kier molecular flexibility index (Phi) is 5.23. The average molecular weight is 514 g/mol. The number of carbonyl (C=O) groups excluding carboxylic acids is 2. The molecule has 0 aromatic rings. The fourth-order valence-electron chi connectivity index (χ4n) is 12.3. The Morgan fingerprint density at radius 1 is 0.892 bits per heavy atom. The van der Waals surface area contributed by atoms with Crippen LogP contribution in [-0.2, 0) is 19.1 Å². The molecule has 37 heavy (non-hydrogen) atoms. The Morgan fingerprint density at radius 3 is 2.24 bits per heavy atom. The van der Waals surface area contributed by atoms with Crippen molar-refractivity contribution in [1.82, 2.24) is 0 Å². The molecule has 206 valence electrons. The minimum Gasteiger partial charge on any atom is -0.462 e. The fraction of sp³-hybridized carbons (Fsp3) is 0.903. The van der Waals surface area contributed by atoms with E-state index in [0.29, 0.717) is 23.5 Å². The molecule has 10 unspecified atom stereocenters. The summed E-state index contributed by atoms with van der Waals surface area (Å²) >= 11 is 0. The predicted octanol–water partition coefficient (Wildman–Crippen LogP) is 6.53. The van der Waals surface area contributed by atoms with Crippen LogP contribution in [-0.4, -0.2) is 34.6 Å². The summed E-state index contributed by atoms with van der Waals surface area (Å²) in [6, 6.07) is 0. The van der Waals surface area contributed by atoms with E-state index in [9.17, 15) is 14.8 Å². The maximum Gasteiger partial charge on any atom is 0.313 e. The van der Waals surface area contributed by atoms with Crippen LogP contribution in [0.5, 0.6) is 0 Å². The zero-order valence-electron chi connectivity index (χ0n) is 24.0. The molecular weight excluding hydrogens is 466 g/mol. The first-order valence-corrected chi connectivity index (χ1v) is 14.8. The number of hydrogen-bond donors (Lipinski definition) is 1. The average Bonchev–Trinajstić information content (AvgIpc) is 3.29. The van der Waals surface area contributed by atoms with Gasteiger partial charge in [0.05, 0.1) is 11.1 Å². The number of esters is 2. The second-order valence-electron chi connectivity index (χ2n) is 15.2. The second kappa shape index (κ2) is 7.53. The molecule has 6 aliphatic rings. The van der Waals surface area contributed by atoms with Gasteiger partial charge in [-0.3, -0.25) is 9.59 Å². The maximum atomic E-state index is 13.4. The monoisotopic (exact) mass is 513 g/mol. The molecule has 1 N–H and O–H groups in total. The highest BCUT2D eigenvalue weighted by atomic mass is 16.6. The normalized spacial score (nSPS) is 53.9. The minimum atomic E-state index is -0.730. The predicted molar refractivity (Wildman–Crippen MR) is 140 cm³/mol. The Morgan fingerprint density at radius 2 is 1.59 bits per heavy atom. The van der Waals surface area contributed by atoms with Crippen LogP contribution in [0.25, 0.3) is 0 Å². The van der Waals surface area contributed by atoms with E-state index >= 15 is 0 Å². The molecule has 0 radical (unpaired) electrons. The molecule has 10 atom stereocenters. The van der Waals surface area contributed by atoms with Gasteiger partial charge in [-0.05, 0) is 105 Å². The molecule has 1 heterocycles. The first kappa shape index (κ1) is 25.7. The van der Waals surface area contributed by atoms with Gasteiger partial charge < -0.3 is 14.7 Å². The molecule has 0 amide bonds. The van der Waals surface area contributed by atoms with E-state index in [1.54, 1.807) is 6.92 Å². The molecule has 6 rings (SSSR count). The van der Waals surface area contributed by atoms with Crippen molar-refractivity contribution in [2.75, 3.05) is 0 Å². The molecule has 6 fully saturated rings. The highest BCUT2D eigenvalue weighted by Crippen LogP contribution is 2.79. The van der Waals surface area contributed by atoms with Crippen LogP contribution in [0, 0.1) is 50.7 Å². The number of hydrogen-bond acceptors (Lipinski definition) is 6. The van der Waals surface area contributed by atoms with Crippen LogP contribution in [0.4, 0.5) is 0 Å². The third kappa shape index (κ3) is 2.81. The summed E-state index contributed by atoms with van der Waals surface area (Å²) in [5.74, 6) is 1.42. The Labute approximate surface area is 222 Å². The fourth-order valence-corrected chi connectivity index (χ4v) is 12.3. The highest BCUT2D eigenvalue weighted by molar-refractivity contribution is 5.98. The number of oxime groups is 1. The number of rotatable bonds is 2. The highest BCUT2D eigenvalue weighted by Gasteiger charge is 2.79. The molecule has 1 aliphatic heterocycles. The van der Waals surface area contributed by atoms with Gasteiger partial charge in [0.2, 0.25) is 0 Å². The van der Waals surface area contributed by atoms with Gasteiger partial charge in [0, 0.05) is 18.3 Å². The lowest BCUT2D eigenvalue weighted by Crippen LogP contribution is -2.67.